The number of amides is 1. The third kappa shape index (κ3) is 4.68. The lowest BCUT2D eigenvalue weighted by Crippen LogP contribution is -2.13. The Labute approximate surface area is 156 Å². The highest BCUT2D eigenvalue weighted by Gasteiger charge is 2.14. The van der Waals surface area contributed by atoms with Crippen LogP contribution in [0.25, 0.3) is 11.1 Å². The van der Waals surface area contributed by atoms with Crippen molar-refractivity contribution in [1.82, 2.24) is 4.98 Å². The largest absolute Gasteiger partial charge is 0.438 e. The van der Waals surface area contributed by atoms with Crippen LogP contribution < -0.4 is 10.5 Å². The molecule has 3 N–H and O–H groups in total. The van der Waals surface area contributed by atoms with Crippen molar-refractivity contribution in [3.63, 3.8) is 0 Å². The lowest BCUT2D eigenvalue weighted by atomic mass is 10.0. The summed E-state index contributed by atoms with van der Waals surface area (Å²) in [6.45, 7) is 0.153. The van der Waals surface area contributed by atoms with Gasteiger partial charge in [0.05, 0.1) is 6.20 Å². The van der Waals surface area contributed by atoms with Crippen LogP contribution >= 0.6 is 0 Å². The van der Waals surface area contributed by atoms with Crippen LogP contribution in [0.3, 0.4) is 0 Å². The molecule has 0 atom stereocenters. The van der Waals surface area contributed by atoms with E-state index in [0.29, 0.717) is 12.2 Å². The SMILES string of the molecule is NC(=O)c1cc(F)cnc1Oc1cccc(-c2cccc(CCCO)c2)c1. The summed E-state index contributed by atoms with van der Waals surface area (Å²) in [5, 5.41) is 8.99. The number of ether oxygens (including phenoxy) is 1. The van der Waals surface area contributed by atoms with Gasteiger partial charge in [-0.25, -0.2) is 9.37 Å². The topological polar surface area (TPSA) is 85.4 Å². The highest BCUT2D eigenvalue weighted by molar-refractivity contribution is 5.95. The fraction of sp³-hybridized carbons (Fsp3) is 0.143. The van der Waals surface area contributed by atoms with Crippen LogP contribution in [0.4, 0.5) is 4.39 Å². The summed E-state index contributed by atoms with van der Waals surface area (Å²) in [5.41, 5.74) is 8.20. The minimum atomic E-state index is -0.815. The fourth-order valence-electron chi connectivity index (χ4n) is 2.72. The van der Waals surface area contributed by atoms with Gasteiger partial charge in [-0.15, -0.1) is 0 Å². The van der Waals surface area contributed by atoms with Gasteiger partial charge < -0.3 is 15.6 Å². The third-order valence-electron chi connectivity index (χ3n) is 4.02. The lowest BCUT2D eigenvalue weighted by Gasteiger charge is -2.10. The number of aliphatic hydroxyl groups is 1. The van der Waals surface area contributed by atoms with E-state index in [4.69, 9.17) is 15.6 Å². The molecule has 1 aromatic heterocycles. The van der Waals surface area contributed by atoms with Crippen molar-refractivity contribution in [3.8, 4) is 22.8 Å². The summed E-state index contributed by atoms with van der Waals surface area (Å²) < 4.78 is 19.0. The average molecular weight is 366 g/mol. The van der Waals surface area contributed by atoms with Crippen molar-refractivity contribution >= 4 is 5.91 Å². The number of carbonyl (C=O) groups is 1. The van der Waals surface area contributed by atoms with Crippen LogP contribution in [0.2, 0.25) is 0 Å². The fourth-order valence-corrected chi connectivity index (χ4v) is 2.72. The molecule has 1 amide bonds. The minimum absolute atomic E-state index is 0.0438. The molecule has 0 saturated heterocycles. The maximum absolute atomic E-state index is 13.3. The summed E-state index contributed by atoms with van der Waals surface area (Å²) in [4.78, 5) is 15.3. The molecule has 6 heteroatoms. The summed E-state index contributed by atoms with van der Waals surface area (Å²) in [6, 6.07) is 16.3. The molecule has 138 valence electrons. The lowest BCUT2D eigenvalue weighted by molar-refractivity contribution is 0.0997. The Morgan fingerprint density at radius 2 is 1.85 bits per heavy atom. The van der Waals surface area contributed by atoms with E-state index >= 15 is 0 Å². The molecule has 3 rings (SSSR count). The van der Waals surface area contributed by atoms with Crippen LogP contribution in [0.5, 0.6) is 11.6 Å². The van der Waals surface area contributed by atoms with Gasteiger partial charge in [-0.1, -0.05) is 36.4 Å². The first-order valence-electron chi connectivity index (χ1n) is 8.50. The van der Waals surface area contributed by atoms with E-state index in [1.165, 1.54) is 0 Å². The van der Waals surface area contributed by atoms with Gasteiger partial charge in [0.1, 0.15) is 17.1 Å². The predicted octanol–water partition coefficient (Wildman–Crippen LogP) is 3.70. The van der Waals surface area contributed by atoms with Crippen LogP contribution in [0.15, 0.2) is 60.8 Å². The van der Waals surface area contributed by atoms with E-state index < -0.39 is 11.7 Å². The second-order valence-corrected chi connectivity index (χ2v) is 6.03. The van der Waals surface area contributed by atoms with Crippen molar-refractivity contribution in [1.29, 1.82) is 0 Å². The number of primary amides is 1. The van der Waals surface area contributed by atoms with Crippen molar-refractivity contribution in [2.75, 3.05) is 6.61 Å². The summed E-state index contributed by atoms with van der Waals surface area (Å²) in [7, 11) is 0. The highest BCUT2D eigenvalue weighted by atomic mass is 19.1. The van der Waals surface area contributed by atoms with Crippen LogP contribution in [-0.4, -0.2) is 22.6 Å². The van der Waals surface area contributed by atoms with Gasteiger partial charge in [0.25, 0.3) is 5.91 Å². The van der Waals surface area contributed by atoms with E-state index in [-0.39, 0.29) is 18.1 Å². The Hall–Kier alpha value is -3.25. The predicted molar refractivity (Wildman–Crippen MR) is 100 cm³/mol. The van der Waals surface area contributed by atoms with Gasteiger partial charge >= 0.3 is 0 Å². The van der Waals surface area contributed by atoms with Gasteiger partial charge in [0.15, 0.2) is 0 Å². The minimum Gasteiger partial charge on any atom is -0.438 e. The van der Waals surface area contributed by atoms with Gasteiger partial charge in [-0.3, -0.25) is 4.79 Å². The standard InChI is InChI=1S/C21H19FN2O3/c22-17-12-19(20(23)26)21(24-13-17)27-18-8-2-7-16(11-18)15-6-1-4-14(10-15)5-3-9-25/h1-2,4,6-8,10-13,25H,3,5,9H2,(H2,23,26). The number of pyridine rings is 1. The summed E-state index contributed by atoms with van der Waals surface area (Å²) in [5.74, 6) is -1.07. The molecule has 2 aromatic carbocycles. The number of hydrogen-bond acceptors (Lipinski definition) is 4. The molecule has 0 spiro atoms. The van der Waals surface area contributed by atoms with Crippen LogP contribution in [0, 0.1) is 5.82 Å². The van der Waals surface area contributed by atoms with Crippen LogP contribution in [0.1, 0.15) is 22.3 Å². The molecular weight excluding hydrogens is 347 g/mol. The molecule has 0 aliphatic heterocycles. The summed E-state index contributed by atoms with van der Waals surface area (Å²) in [6.07, 6.45) is 2.47. The Morgan fingerprint density at radius 1 is 1.11 bits per heavy atom. The molecule has 0 radical (unpaired) electrons. The van der Waals surface area contributed by atoms with Crippen molar-refractivity contribution in [2.45, 2.75) is 12.8 Å². The van der Waals surface area contributed by atoms with Gasteiger partial charge in [0.2, 0.25) is 5.88 Å². The maximum atomic E-state index is 13.3. The van der Waals surface area contributed by atoms with Gasteiger partial charge in [-0.2, -0.15) is 0 Å². The number of nitrogens with zero attached hydrogens (tertiary/aromatic N) is 1. The number of aliphatic hydroxyl groups excluding tert-OH is 1. The van der Waals surface area contributed by atoms with Gasteiger partial charge in [0, 0.05) is 6.61 Å². The van der Waals surface area contributed by atoms with Gasteiger partial charge in [-0.05, 0) is 47.7 Å². The quantitative estimate of drug-likeness (QED) is 0.668. The Morgan fingerprint density at radius 3 is 2.59 bits per heavy atom. The Bertz CT molecular complexity index is 960. The van der Waals surface area contributed by atoms with Crippen molar-refractivity contribution in [3.05, 3.63) is 77.7 Å². The monoisotopic (exact) mass is 366 g/mol. The number of nitrogens with two attached hydrogens (primary N) is 1. The molecule has 0 unspecified atom stereocenters. The molecule has 0 aliphatic rings. The first-order chi connectivity index (χ1) is 13.1. The zero-order valence-electron chi connectivity index (χ0n) is 14.6. The van der Waals surface area contributed by atoms with Crippen LogP contribution in [-0.2, 0) is 6.42 Å². The number of carbonyl (C=O) groups excluding carboxylic acids is 1. The van der Waals surface area contributed by atoms with E-state index in [1.807, 2.05) is 30.3 Å². The normalized spacial score (nSPS) is 10.6. The second-order valence-electron chi connectivity index (χ2n) is 6.03. The molecule has 0 aliphatic carbocycles. The number of hydrogen-bond donors (Lipinski definition) is 2. The highest BCUT2D eigenvalue weighted by Crippen LogP contribution is 2.29. The van der Waals surface area contributed by atoms with Crippen molar-refractivity contribution < 1.29 is 19.0 Å². The molecule has 5 nitrogen and oxygen atoms in total. The second kappa shape index (κ2) is 8.42. The van der Waals surface area contributed by atoms with E-state index in [9.17, 15) is 9.18 Å². The first kappa shape index (κ1) is 18.5. The number of rotatable bonds is 7. The zero-order chi connectivity index (χ0) is 19.2. The number of aromatic nitrogens is 1. The third-order valence-corrected chi connectivity index (χ3v) is 4.02. The van der Waals surface area contributed by atoms with E-state index in [1.54, 1.807) is 12.1 Å². The number of benzene rings is 2. The number of aryl methyl sites for hydroxylation is 1. The molecule has 0 bridgehead atoms. The maximum Gasteiger partial charge on any atom is 0.254 e. The Kier molecular flexibility index (Phi) is 5.78. The van der Waals surface area contributed by atoms with E-state index in [2.05, 4.69) is 11.1 Å². The molecule has 0 fully saturated rings. The van der Waals surface area contributed by atoms with Crippen molar-refractivity contribution in [2.24, 2.45) is 5.73 Å². The molecule has 0 saturated carbocycles. The number of halogens is 1. The molecule has 1 heterocycles. The first-order valence-corrected chi connectivity index (χ1v) is 8.50. The molecule has 27 heavy (non-hydrogen) atoms. The zero-order valence-corrected chi connectivity index (χ0v) is 14.6. The Balaban J connectivity index is 1.88. The van der Waals surface area contributed by atoms with E-state index in [0.717, 1.165) is 35.4 Å². The summed E-state index contributed by atoms with van der Waals surface area (Å²) >= 11 is 0. The molecule has 3 aromatic rings. The molecular formula is C21H19FN2O3. The average Bonchev–Trinajstić information content (AvgIpc) is 2.68. The smallest absolute Gasteiger partial charge is 0.254 e.